The molecule has 0 heterocycles. The molecule has 0 amide bonds. The molecule has 4 rings (SSSR count). The van der Waals surface area contributed by atoms with Crippen LogP contribution in [0.1, 0.15) is 11.1 Å². The number of hydrogen-bond acceptors (Lipinski definition) is 0. The molecule has 0 saturated carbocycles. The van der Waals surface area contributed by atoms with Crippen LogP contribution in [0.5, 0.6) is 0 Å². The van der Waals surface area contributed by atoms with Crippen molar-refractivity contribution in [3.05, 3.63) is 76.3 Å². The first-order valence-electron chi connectivity index (χ1n) is 6.80. The topological polar surface area (TPSA) is 0 Å². The first-order chi connectivity index (χ1) is 9.84. The van der Waals surface area contributed by atoms with E-state index in [-0.39, 0.29) is 0 Å². The molecule has 0 N–H and O–H groups in total. The molecule has 96 valence electrons. The first kappa shape index (κ1) is 11.9. The SMILES string of the molecule is Brc1ccc2c(c1-c1cccc3ccccc13)C=CC2. The molecule has 1 aliphatic rings. The maximum absolute atomic E-state index is 3.74. The fourth-order valence-corrected chi connectivity index (χ4v) is 3.58. The Kier molecular flexibility index (Phi) is 2.75. The second-order valence-electron chi connectivity index (χ2n) is 5.13. The minimum absolute atomic E-state index is 1.04. The fraction of sp³-hybridized carbons (Fsp3) is 0.0526. The van der Waals surface area contributed by atoms with E-state index in [1.54, 1.807) is 0 Å². The summed E-state index contributed by atoms with van der Waals surface area (Å²) in [5.41, 5.74) is 5.39. The summed E-state index contributed by atoms with van der Waals surface area (Å²) in [6.45, 7) is 0. The summed E-state index contributed by atoms with van der Waals surface area (Å²) in [4.78, 5) is 0. The third-order valence-corrected chi connectivity index (χ3v) is 4.63. The number of benzene rings is 3. The molecule has 0 radical (unpaired) electrons. The van der Waals surface area contributed by atoms with Crippen molar-refractivity contribution >= 4 is 32.8 Å². The lowest BCUT2D eigenvalue weighted by molar-refractivity contribution is 1.31. The van der Waals surface area contributed by atoms with Gasteiger partial charge in [-0.25, -0.2) is 0 Å². The highest BCUT2D eigenvalue weighted by Gasteiger charge is 2.16. The zero-order valence-corrected chi connectivity index (χ0v) is 12.5. The summed E-state index contributed by atoms with van der Waals surface area (Å²) in [5.74, 6) is 0. The molecule has 0 unspecified atom stereocenters. The predicted octanol–water partition coefficient (Wildman–Crippen LogP) is 5.84. The molecule has 3 aromatic rings. The van der Waals surface area contributed by atoms with Gasteiger partial charge in [-0.3, -0.25) is 0 Å². The van der Waals surface area contributed by atoms with Crippen LogP contribution in [0.4, 0.5) is 0 Å². The standard InChI is InChI=1S/C19H13Br/c20-18-12-11-14-7-3-9-16(14)19(18)17-10-4-6-13-5-1-2-8-15(13)17/h1-6,8-12H,7H2. The van der Waals surface area contributed by atoms with E-state index in [9.17, 15) is 0 Å². The Morgan fingerprint density at radius 2 is 1.70 bits per heavy atom. The molecule has 1 aliphatic carbocycles. The van der Waals surface area contributed by atoms with Crippen molar-refractivity contribution in [2.24, 2.45) is 0 Å². The molecule has 0 atom stereocenters. The van der Waals surface area contributed by atoms with Gasteiger partial charge < -0.3 is 0 Å². The summed E-state index contributed by atoms with van der Waals surface area (Å²) in [5, 5.41) is 2.60. The lowest BCUT2D eigenvalue weighted by Gasteiger charge is -2.13. The van der Waals surface area contributed by atoms with Gasteiger partial charge in [0.15, 0.2) is 0 Å². The van der Waals surface area contributed by atoms with Gasteiger partial charge in [0, 0.05) is 10.0 Å². The van der Waals surface area contributed by atoms with Crippen molar-refractivity contribution in [2.75, 3.05) is 0 Å². The third-order valence-electron chi connectivity index (χ3n) is 3.97. The van der Waals surface area contributed by atoms with Gasteiger partial charge in [-0.15, -0.1) is 0 Å². The molecule has 20 heavy (non-hydrogen) atoms. The van der Waals surface area contributed by atoms with Crippen molar-refractivity contribution in [1.29, 1.82) is 0 Å². The maximum atomic E-state index is 3.74. The van der Waals surface area contributed by atoms with Gasteiger partial charge in [0.25, 0.3) is 0 Å². The van der Waals surface area contributed by atoms with Crippen molar-refractivity contribution in [3.8, 4) is 11.1 Å². The molecular formula is C19H13Br. The van der Waals surface area contributed by atoms with Crippen LogP contribution in [0.15, 0.2) is 65.1 Å². The van der Waals surface area contributed by atoms with Gasteiger partial charge in [0.2, 0.25) is 0 Å². The largest absolute Gasteiger partial charge is 0.0795 e. The summed E-state index contributed by atoms with van der Waals surface area (Å²) >= 11 is 3.74. The Labute approximate surface area is 126 Å². The van der Waals surface area contributed by atoms with Crippen molar-refractivity contribution in [1.82, 2.24) is 0 Å². The molecule has 0 saturated heterocycles. The zero-order chi connectivity index (χ0) is 13.5. The summed E-state index contributed by atoms with van der Waals surface area (Å²) < 4.78 is 1.17. The minimum Gasteiger partial charge on any atom is -0.0795 e. The van der Waals surface area contributed by atoms with E-state index >= 15 is 0 Å². The van der Waals surface area contributed by atoms with Crippen molar-refractivity contribution in [3.63, 3.8) is 0 Å². The lowest BCUT2D eigenvalue weighted by Crippen LogP contribution is -1.90. The lowest BCUT2D eigenvalue weighted by atomic mass is 9.93. The first-order valence-corrected chi connectivity index (χ1v) is 7.60. The van der Waals surface area contributed by atoms with E-state index in [1.807, 2.05) is 0 Å². The maximum Gasteiger partial charge on any atom is 0.0260 e. The van der Waals surface area contributed by atoms with Gasteiger partial charge in [0.05, 0.1) is 0 Å². The summed E-state index contributed by atoms with van der Waals surface area (Å²) in [6, 6.07) is 19.5. The van der Waals surface area contributed by atoms with E-state index in [4.69, 9.17) is 0 Å². The predicted molar refractivity (Wildman–Crippen MR) is 89.8 cm³/mol. The van der Waals surface area contributed by atoms with E-state index in [2.05, 4.69) is 82.7 Å². The van der Waals surface area contributed by atoms with Crippen LogP contribution >= 0.6 is 15.9 Å². The van der Waals surface area contributed by atoms with Crippen LogP contribution in [0.3, 0.4) is 0 Å². The smallest absolute Gasteiger partial charge is 0.0260 e. The summed E-state index contributed by atoms with van der Waals surface area (Å²) in [6.07, 6.45) is 5.53. The van der Waals surface area contributed by atoms with Crippen LogP contribution in [0.2, 0.25) is 0 Å². The van der Waals surface area contributed by atoms with E-state index in [0.29, 0.717) is 0 Å². The average Bonchev–Trinajstić information content (AvgIpc) is 2.95. The second-order valence-corrected chi connectivity index (χ2v) is 5.98. The second kappa shape index (κ2) is 4.60. The Hall–Kier alpha value is -1.86. The Morgan fingerprint density at radius 1 is 0.850 bits per heavy atom. The summed E-state index contributed by atoms with van der Waals surface area (Å²) in [7, 11) is 0. The van der Waals surface area contributed by atoms with Gasteiger partial charge in [-0.1, -0.05) is 76.6 Å². The zero-order valence-electron chi connectivity index (χ0n) is 10.9. The highest BCUT2D eigenvalue weighted by Crippen LogP contribution is 2.40. The number of rotatable bonds is 1. The Balaban J connectivity index is 2.11. The Bertz CT molecular complexity index is 838. The monoisotopic (exact) mass is 320 g/mol. The molecule has 1 heteroatoms. The number of halogens is 1. The quantitative estimate of drug-likeness (QED) is 0.528. The molecular weight excluding hydrogens is 308 g/mol. The molecule has 0 bridgehead atoms. The normalized spacial score (nSPS) is 12.8. The number of allylic oxidation sites excluding steroid dienone is 1. The molecule has 0 nitrogen and oxygen atoms in total. The van der Waals surface area contributed by atoms with Gasteiger partial charge in [-0.2, -0.15) is 0 Å². The highest BCUT2D eigenvalue weighted by molar-refractivity contribution is 9.10. The van der Waals surface area contributed by atoms with Crippen LogP contribution in [0.25, 0.3) is 28.0 Å². The van der Waals surface area contributed by atoms with Gasteiger partial charge in [-0.05, 0) is 39.9 Å². The molecule has 3 aromatic carbocycles. The minimum atomic E-state index is 1.04. The van der Waals surface area contributed by atoms with Crippen LogP contribution in [0, 0.1) is 0 Å². The third kappa shape index (κ3) is 1.74. The van der Waals surface area contributed by atoms with Gasteiger partial charge >= 0.3 is 0 Å². The van der Waals surface area contributed by atoms with E-state index in [1.165, 1.54) is 37.5 Å². The molecule has 0 fully saturated rings. The number of fused-ring (bicyclic) bond motifs is 2. The van der Waals surface area contributed by atoms with E-state index < -0.39 is 0 Å². The van der Waals surface area contributed by atoms with Crippen molar-refractivity contribution < 1.29 is 0 Å². The Morgan fingerprint density at radius 3 is 2.65 bits per heavy atom. The van der Waals surface area contributed by atoms with Crippen LogP contribution in [-0.2, 0) is 6.42 Å². The molecule has 0 aliphatic heterocycles. The molecule has 0 aromatic heterocycles. The average molecular weight is 321 g/mol. The van der Waals surface area contributed by atoms with E-state index in [0.717, 1.165) is 6.42 Å². The van der Waals surface area contributed by atoms with Crippen LogP contribution in [-0.4, -0.2) is 0 Å². The number of hydrogen-bond donors (Lipinski definition) is 0. The molecule has 0 spiro atoms. The van der Waals surface area contributed by atoms with Crippen LogP contribution < -0.4 is 0 Å². The fourth-order valence-electron chi connectivity index (χ4n) is 3.03. The highest BCUT2D eigenvalue weighted by atomic mass is 79.9. The van der Waals surface area contributed by atoms with Crippen molar-refractivity contribution in [2.45, 2.75) is 6.42 Å². The van der Waals surface area contributed by atoms with Gasteiger partial charge in [0.1, 0.15) is 0 Å².